The summed E-state index contributed by atoms with van der Waals surface area (Å²) in [5, 5.41) is 0. The first-order chi connectivity index (χ1) is 6.83. The van der Waals surface area contributed by atoms with E-state index in [0.717, 1.165) is 6.92 Å². The predicted molar refractivity (Wildman–Crippen MR) is 56.6 cm³/mol. The molecule has 1 aromatic carbocycles. The maximum absolute atomic E-state index is 11.5. The van der Waals surface area contributed by atoms with Crippen LogP contribution in [0.3, 0.4) is 0 Å². The lowest BCUT2D eigenvalue weighted by atomic mass is 10.2. The van der Waals surface area contributed by atoms with Gasteiger partial charge in [0.15, 0.2) is 0 Å². The molecule has 0 saturated heterocycles. The number of hydrogen-bond donors (Lipinski definition) is 2. The summed E-state index contributed by atoms with van der Waals surface area (Å²) in [4.78, 5) is 10.7. The van der Waals surface area contributed by atoms with Crippen molar-refractivity contribution in [3.63, 3.8) is 0 Å². The molecular formula is C9H12N2O3S. The Kier molecular flexibility index (Phi) is 2.99. The summed E-state index contributed by atoms with van der Waals surface area (Å²) in [7, 11) is -3.75. The number of rotatable bonds is 2. The van der Waals surface area contributed by atoms with Gasteiger partial charge in [0.25, 0.3) is 10.0 Å². The largest absolute Gasteiger partial charge is 0.399 e. The third kappa shape index (κ3) is 2.69. The Morgan fingerprint density at radius 3 is 2.47 bits per heavy atom. The van der Waals surface area contributed by atoms with E-state index in [2.05, 4.69) is 0 Å². The third-order valence-electron chi connectivity index (χ3n) is 1.83. The van der Waals surface area contributed by atoms with Crippen molar-refractivity contribution in [3.8, 4) is 0 Å². The second-order valence-corrected chi connectivity index (χ2v) is 4.86. The van der Waals surface area contributed by atoms with E-state index in [1.807, 2.05) is 4.72 Å². The van der Waals surface area contributed by atoms with Gasteiger partial charge in [-0.05, 0) is 30.7 Å². The van der Waals surface area contributed by atoms with Gasteiger partial charge in [-0.25, -0.2) is 13.1 Å². The Balaban J connectivity index is 3.17. The van der Waals surface area contributed by atoms with Gasteiger partial charge in [0.05, 0.1) is 4.90 Å². The molecule has 0 atom stereocenters. The number of aryl methyl sites for hydroxylation is 1. The van der Waals surface area contributed by atoms with Crippen molar-refractivity contribution in [2.75, 3.05) is 5.73 Å². The monoisotopic (exact) mass is 228 g/mol. The number of sulfonamides is 1. The minimum Gasteiger partial charge on any atom is -0.399 e. The maximum atomic E-state index is 11.5. The first-order valence-electron chi connectivity index (χ1n) is 4.22. The number of carbonyl (C=O) groups excluding carboxylic acids is 1. The predicted octanol–water partition coefficient (Wildman–Crippen LogP) is 0.402. The van der Waals surface area contributed by atoms with E-state index in [1.54, 1.807) is 6.92 Å². The molecule has 0 aliphatic carbocycles. The Hall–Kier alpha value is -1.56. The van der Waals surface area contributed by atoms with Crippen LogP contribution in [-0.4, -0.2) is 14.3 Å². The zero-order valence-electron chi connectivity index (χ0n) is 8.44. The second kappa shape index (κ2) is 3.90. The lowest BCUT2D eigenvalue weighted by molar-refractivity contribution is -0.117. The highest BCUT2D eigenvalue weighted by molar-refractivity contribution is 7.90. The van der Waals surface area contributed by atoms with Crippen molar-refractivity contribution in [1.82, 2.24) is 4.72 Å². The Morgan fingerprint density at radius 1 is 1.40 bits per heavy atom. The summed E-state index contributed by atoms with van der Waals surface area (Å²) >= 11 is 0. The van der Waals surface area contributed by atoms with Crippen LogP contribution in [0.15, 0.2) is 23.1 Å². The number of nitrogens with two attached hydrogens (primary N) is 1. The van der Waals surface area contributed by atoms with Crippen LogP contribution in [0.4, 0.5) is 5.69 Å². The van der Waals surface area contributed by atoms with Gasteiger partial charge in [-0.3, -0.25) is 4.79 Å². The van der Waals surface area contributed by atoms with E-state index < -0.39 is 15.9 Å². The molecule has 1 rings (SSSR count). The summed E-state index contributed by atoms with van der Waals surface area (Å²) in [6.07, 6.45) is 0. The van der Waals surface area contributed by atoms with Gasteiger partial charge in [0.2, 0.25) is 5.91 Å². The second-order valence-electron chi connectivity index (χ2n) is 3.18. The highest BCUT2D eigenvalue weighted by Gasteiger charge is 2.15. The summed E-state index contributed by atoms with van der Waals surface area (Å²) in [6.45, 7) is 2.84. The van der Waals surface area contributed by atoms with Crippen molar-refractivity contribution in [3.05, 3.63) is 23.8 Å². The summed E-state index contributed by atoms with van der Waals surface area (Å²) in [5.41, 5.74) is 6.72. The van der Waals surface area contributed by atoms with Crippen molar-refractivity contribution < 1.29 is 13.2 Å². The van der Waals surface area contributed by atoms with Gasteiger partial charge >= 0.3 is 0 Å². The molecule has 0 aliphatic heterocycles. The lowest BCUT2D eigenvalue weighted by Crippen LogP contribution is -2.28. The van der Waals surface area contributed by atoms with Crippen molar-refractivity contribution in [2.24, 2.45) is 0 Å². The van der Waals surface area contributed by atoms with Crippen LogP contribution in [0.2, 0.25) is 0 Å². The van der Waals surface area contributed by atoms with Crippen molar-refractivity contribution >= 4 is 21.6 Å². The van der Waals surface area contributed by atoms with E-state index in [1.165, 1.54) is 18.2 Å². The summed E-state index contributed by atoms with van der Waals surface area (Å²) in [6, 6.07) is 4.26. The van der Waals surface area contributed by atoms with Crippen LogP contribution in [0, 0.1) is 6.92 Å². The van der Waals surface area contributed by atoms with Crippen LogP contribution >= 0.6 is 0 Å². The van der Waals surface area contributed by atoms with Crippen LogP contribution in [-0.2, 0) is 14.8 Å². The molecule has 1 aromatic rings. The molecule has 82 valence electrons. The number of amides is 1. The highest BCUT2D eigenvalue weighted by Crippen LogP contribution is 2.16. The third-order valence-corrected chi connectivity index (χ3v) is 3.26. The summed E-state index contributed by atoms with van der Waals surface area (Å²) in [5.74, 6) is -0.621. The smallest absolute Gasteiger partial charge is 0.264 e. The molecule has 0 unspecified atom stereocenters. The van der Waals surface area contributed by atoms with Gasteiger partial charge in [0.1, 0.15) is 0 Å². The molecule has 5 nitrogen and oxygen atoms in total. The van der Waals surface area contributed by atoms with Crippen LogP contribution in [0.1, 0.15) is 12.5 Å². The number of nitrogen functional groups attached to an aromatic ring is 1. The number of carbonyl (C=O) groups is 1. The molecule has 0 spiro atoms. The van der Waals surface area contributed by atoms with E-state index in [9.17, 15) is 13.2 Å². The van der Waals surface area contributed by atoms with E-state index in [0.29, 0.717) is 11.3 Å². The molecule has 0 radical (unpaired) electrons. The van der Waals surface area contributed by atoms with Gasteiger partial charge in [0, 0.05) is 12.6 Å². The average molecular weight is 228 g/mol. The number of benzene rings is 1. The number of anilines is 1. The van der Waals surface area contributed by atoms with Gasteiger partial charge < -0.3 is 5.73 Å². The maximum Gasteiger partial charge on any atom is 0.264 e. The molecule has 0 heterocycles. The van der Waals surface area contributed by atoms with Crippen LogP contribution in [0.25, 0.3) is 0 Å². The standard InChI is InChI=1S/C9H12N2O3S/c1-6-5-8(3-4-9(6)10)15(13,14)11-7(2)12/h3-5H,10H2,1-2H3,(H,11,12). The molecule has 6 heteroatoms. The number of hydrogen-bond acceptors (Lipinski definition) is 4. The average Bonchev–Trinajstić information content (AvgIpc) is 2.07. The Morgan fingerprint density at radius 2 is 2.00 bits per heavy atom. The molecule has 3 N–H and O–H groups in total. The van der Waals surface area contributed by atoms with Crippen molar-refractivity contribution in [1.29, 1.82) is 0 Å². The summed E-state index contributed by atoms with van der Waals surface area (Å²) < 4.78 is 24.9. The zero-order valence-corrected chi connectivity index (χ0v) is 9.26. The lowest BCUT2D eigenvalue weighted by Gasteiger charge is -2.06. The minimum absolute atomic E-state index is 0.0319. The molecule has 1 amide bonds. The van der Waals surface area contributed by atoms with E-state index >= 15 is 0 Å². The fraction of sp³-hybridized carbons (Fsp3) is 0.222. The van der Waals surface area contributed by atoms with Crippen LogP contribution < -0.4 is 10.5 Å². The first-order valence-corrected chi connectivity index (χ1v) is 5.71. The van der Waals surface area contributed by atoms with Crippen molar-refractivity contribution in [2.45, 2.75) is 18.7 Å². The molecule has 15 heavy (non-hydrogen) atoms. The Bertz CT molecular complexity index is 494. The first kappa shape index (κ1) is 11.5. The topological polar surface area (TPSA) is 89.3 Å². The highest BCUT2D eigenvalue weighted by atomic mass is 32.2. The van der Waals surface area contributed by atoms with E-state index in [-0.39, 0.29) is 4.90 Å². The zero-order chi connectivity index (χ0) is 11.6. The van der Waals surface area contributed by atoms with Gasteiger partial charge in [-0.2, -0.15) is 0 Å². The Labute approximate surface area is 88.3 Å². The fourth-order valence-corrected chi connectivity index (χ4v) is 2.14. The van der Waals surface area contributed by atoms with Crippen LogP contribution in [0.5, 0.6) is 0 Å². The SMILES string of the molecule is CC(=O)NS(=O)(=O)c1ccc(N)c(C)c1. The normalized spacial score (nSPS) is 11.1. The molecule has 0 fully saturated rings. The fourth-order valence-electron chi connectivity index (χ4n) is 1.06. The molecule has 0 bridgehead atoms. The van der Waals surface area contributed by atoms with Gasteiger partial charge in [-0.15, -0.1) is 0 Å². The van der Waals surface area contributed by atoms with E-state index in [4.69, 9.17) is 5.73 Å². The molecule has 0 saturated carbocycles. The quantitative estimate of drug-likeness (QED) is 0.717. The molecule has 0 aliphatic rings. The molecular weight excluding hydrogens is 216 g/mol. The molecule has 0 aromatic heterocycles. The van der Waals surface area contributed by atoms with Gasteiger partial charge in [-0.1, -0.05) is 0 Å². The minimum atomic E-state index is -3.75. The number of nitrogens with one attached hydrogen (secondary N) is 1.